The van der Waals surface area contributed by atoms with E-state index in [9.17, 15) is 24.6 Å². The van der Waals surface area contributed by atoms with Crippen LogP contribution < -0.4 is 10.1 Å². The highest BCUT2D eigenvalue weighted by molar-refractivity contribution is 6.37. The van der Waals surface area contributed by atoms with E-state index in [1.165, 1.54) is 54.6 Å². The molecule has 0 saturated carbocycles. The largest absolute Gasteiger partial charge is 0.486 e. The normalized spacial score (nSPS) is 10.9. The van der Waals surface area contributed by atoms with Gasteiger partial charge in [-0.15, -0.1) is 0 Å². The zero-order valence-electron chi connectivity index (χ0n) is 16.7. The van der Waals surface area contributed by atoms with Crippen molar-refractivity contribution in [2.24, 2.45) is 0 Å². The van der Waals surface area contributed by atoms with Crippen LogP contribution in [0.3, 0.4) is 0 Å². The van der Waals surface area contributed by atoms with Gasteiger partial charge in [-0.1, -0.05) is 23.2 Å². The smallest absolute Gasteiger partial charge is 0.269 e. The average molecular weight is 486 g/mol. The van der Waals surface area contributed by atoms with E-state index in [4.69, 9.17) is 27.9 Å². The Bertz CT molecular complexity index is 1250. The highest BCUT2D eigenvalue weighted by Crippen LogP contribution is 2.35. The molecule has 1 amide bonds. The summed E-state index contributed by atoms with van der Waals surface area (Å²) in [5, 5.41) is 22.9. The van der Waals surface area contributed by atoms with Crippen LogP contribution in [0.4, 0.5) is 15.8 Å². The molecule has 7 nitrogen and oxygen atoms in total. The standard InChI is InChI=1S/C23H14Cl2FN3O4/c24-20-10-15(9-16(12-27)23(30)28-18-5-3-17(26)4-6-18)11-21(25)22(20)33-13-14-1-7-19(8-2-14)29(31)32/h1-11H,13H2,(H,28,30)/b16-9+. The Morgan fingerprint density at radius 3 is 2.27 bits per heavy atom. The third kappa shape index (κ3) is 6.29. The number of rotatable bonds is 7. The summed E-state index contributed by atoms with van der Waals surface area (Å²) in [5.74, 6) is -0.956. The number of nitrogens with one attached hydrogen (secondary N) is 1. The number of carbonyl (C=O) groups excluding carboxylic acids is 1. The molecule has 33 heavy (non-hydrogen) atoms. The molecule has 0 atom stereocenters. The number of hydrogen-bond donors (Lipinski definition) is 1. The van der Waals surface area contributed by atoms with Gasteiger partial charge in [0.2, 0.25) is 0 Å². The van der Waals surface area contributed by atoms with Crippen molar-refractivity contribution in [1.82, 2.24) is 0 Å². The molecule has 0 radical (unpaired) electrons. The summed E-state index contributed by atoms with van der Waals surface area (Å²) in [5.41, 5.74) is 1.13. The second-order valence-electron chi connectivity index (χ2n) is 6.66. The predicted molar refractivity (Wildman–Crippen MR) is 123 cm³/mol. The third-order valence-electron chi connectivity index (χ3n) is 4.33. The van der Waals surface area contributed by atoms with Crippen molar-refractivity contribution in [3.63, 3.8) is 0 Å². The molecular formula is C23H14Cl2FN3O4. The number of nitriles is 1. The van der Waals surface area contributed by atoms with Crippen LogP contribution in [0.15, 0.2) is 66.2 Å². The lowest BCUT2D eigenvalue weighted by Crippen LogP contribution is -2.13. The van der Waals surface area contributed by atoms with E-state index in [0.29, 0.717) is 16.8 Å². The lowest BCUT2D eigenvalue weighted by atomic mass is 10.1. The van der Waals surface area contributed by atoms with Gasteiger partial charge >= 0.3 is 0 Å². The molecule has 1 N–H and O–H groups in total. The summed E-state index contributed by atoms with van der Waals surface area (Å²) in [4.78, 5) is 22.6. The van der Waals surface area contributed by atoms with Crippen LogP contribution in [-0.4, -0.2) is 10.8 Å². The van der Waals surface area contributed by atoms with Crippen molar-refractivity contribution < 1.29 is 18.8 Å². The van der Waals surface area contributed by atoms with E-state index in [1.807, 2.05) is 0 Å². The van der Waals surface area contributed by atoms with Crippen molar-refractivity contribution in [2.45, 2.75) is 6.61 Å². The molecule has 0 spiro atoms. The monoisotopic (exact) mass is 485 g/mol. The van der Waals surface area contributed by atoms with Gasteiger partial charge in [0, 0.05) is 17.8 Å². The van der Waals surface area contributed by atoms with Crippen molar-refractivity contribution >= 4 is 46.6 Å². The number of anilines is 1. The van der Waals surface area contributed by atoms with E-state index in [0.717, 1.165) is 0 Å². The molecule has 0 aliphatic rings. The Morgan fingerprint density at radius 2 is 1.73 bits per heavy atom. The van der Waals surface area contributed by atoms with E-state index < -0.39 is 16.6 Å². The summed E-state index contributed by atoms with van der Waals surface area (Å²) >= 11 is 12.5. The Balaban J connectivity index is 1.74. The molecular weight excluding hydrogens is 472 g/mol. The van der Waals surface area contributed by atoms with Crippen LogP contribution in [0.1, 0.15) is 11.1 Å². The van der Waals surface area contributed by atoms with Gasteiger partial charge in [-0.3, -0.25) is 14.9 Å². The van der Waals surface area contributed by atoms with E-state index in [-0.39, 0.29) is 33.7 Å². The molecule has 0 aliphatic carbocycles. The van der Waals surface area contributed by atoms with Crippen LogP contribution in [0.25, 0.3) is 6.08 Å². The topological polar surface area (TPSA) is 105 Å². The number of hydrogen-bond acceptors (Lipinski definition) is 5. The molecule has 3 rings (SSSR count). The summed E-state index contributed by atoms with van der Waals surface area (Å²) in [6.45, 7) is 0.0656. The second kappa shape index (κ2) is 10.6. The first-order valence-corrected chi connectivity index (χ1v) is 10.1. The van der Waals surface area contributed by atoms with Crippen LogP contribution in [0.2, 0.25) is 10.0 Å². The quantitative estimate of drug-likeness (QED) is 0.186. The number of benzene rings is 3. The van der Waals surface area contributed by atoms with Gasteiger partial charge in [-0.05, 0) is 65.7 Å². The van der Waals surface area contributed by atoms with E-state index >= 15 is 0 Å². The summed E-state index contributed by atoms with van der Waals surface area (Å²) < 4.78 is 18.7. The first-order chi connectivity index (χ1) is 15.8. The maximum Gasteiger partial charge on any atom is 0.269 e. The zero-order valence-corrected chi connectivity index (χ0v) is 18.2. The number of amides is 1. The molecule has 0 aromatic heterocycles. The van der Waals surface area contributed by atoms with Crippen molar-refractivity contribution in [1.29, 1.82) is 5.26 Å². The summed E-state index contributed by atoms with van der Waals surface area (Å²) in [7, 11) is 0. The number of ether oxygens (including phenoxy) is 1. The highest BCUT2D eigenvalue weighted by atomic mass is 35.5. The Labute approximate surface area is 197 Å². The number of nitro benzene ring substituents is 1. The van der Waals surface area contributed by atoms with Gasteiger partial charge in [0.25, 0.3) is 11.6 Å². The molecule has 166 valence electrons. The summed E-state index contributed by atoms with van der Waals surface area (Å²) in [6.07, 6.45) is 1.30. The third-order valence-corrected chi connectivity index (χ3v) is 4.89. The zero-order chi connectivity index (χ0) is 24.0. The van der Waals surface area contributed by atoms with Gasteiger partial charge < -0.3 is 10.1 Å². The summed E-state index contributed by atoms with van der Waals surface area (Å²) in [6, 6.07) is 15.7. The van der Waals surface area contributed by atoms with Crippen LogP contribution in [0, 0.1) is 27.3 Å². The molecule has 0 heterocycles. The maximum atomic E-state index is 13.0. The molecule has 0 fully saturated rings. The van der Waals surface area contributed by atoms with Crippen molar-refractivity contribution in [3.8, 4) is 11.8 Å². The van der Waals surface area contributed by atoms with Crippen molar-refractivity contribution in [2.75, 3.05) is 5.32 Å². The van der Waals surface area contributed by atoms with Crippen LogP contribution in [-0.2, 0) is 11.4 Å². The Morgan fingerprint density at radius 1 is 1.12 bits per heavy atom. The molecule has 0 saturated heterocycles. The lowest BCUT2D eigenvalue weighted by Gasteiger charge is -2.11. The Kier molecular flexibility index (Phi) is 7.61. The average Bonchev–Trinajstić information content (AvgIpc) is 2.78. The molecule has 3 aromatic carbocycles. The van der Waals surface area contributed by atoms with E-state index in [1.54, 1.807) is 18.2 Å². The van der Waals surface area contributed by atoms with Gasteiger partial charge in [-0.2, -0.15) is 5.26 Å². The van der Waals surface area contributed by atoms with Gasteiger partial charge in [0.05, 0.1) is 15.0 Å². The lowest BCUT2D eigenvalue weighted by molar-refractivity contribution is -0.384. The van der Waals surface area contributed by atoms with Crippen LogP contribution >= 0.6 is 23.2 Å². The van der Waals surface area contributed by atoms with Crippen LogP contribution in [0.5, 0.6) is 5.75 Å². The number of halogens is 3. The number of carbonyl (C=O) groups is 1. The molecule has 10 heteroatoms. The number of nitrogens with zero attached hydrogens (tertiary/aromatic N) is 2. The fourth-order valence-electron chi connectivity index (χ4n) is 2.72. The predicted octanol–water partition coefficient (Wildman–Crippen LogP) is 6.17. The van der Waals surface area contributed by atoms with Gasteiger partial charge in [0.1, 0.15) is 24.1 Å². The fraction of sp³-hybridized carbons (Fsp3) is 0.0435. The SMILES string of the molecule is N#C/C(=C\c1cc(Cl)c(OCc2ccc([N+](=O)[O-])cc2)c(Cl)c1)C(=O)Nc1ccc(F)cc1. The first-order valence-electron chi connectivity index (χ1n) is 9.30. The highest BCUT2D eigenvalue weighted by Gasteiger charge is 2.14. The maximum absolute atomic E-state index is 13.0. The molecule has 3 aromatic rings. The minimum Gasteiger partial charge on any atom is -0.486 e. The van der Waals surface area contributed by atoms with Crippen molar-refractivity contribution in [3.05, 3.63) is 103 Å². The minimum absolute atomic E-state index is 0.0392. The molecule has 0 bridgehead atoms. The fourth-order valence-corrected chi connectivity index (χ4v) is 3.33. The number of non-ortho nitro benzene ring substituents is 1. The Hall–Kier alpha value is -3.93. The number of nitro groups is 1. The first kappa shape index (κ1) is 23.7. The second-order valence-corrected chi connectivity index (χ2v) is 7.47. The molecule has 0 unspecified atom stereocenters. The van der Waals surface area contributed by atoms with Gasteiger partial charge in [0.15, 0.2) is 5.75 Å². The minimum atomic E-state index is -0.685. The molecule has 0 aliphatic heterocycles. The van der Waals surface area contributed by atoms with Gasteiger partial charge in [-0.25, -0.2) is 4.39 Å². The van der Waals surface area contributed by atoms with E-state index in [2.05, 4.69) is 5.32 Å².